The summed E-state index contributed by atoms with van der Waals surface area (Å²) in [6.07, 6.45) is 13.8. The summed E-state index contributed by atoms with van der Waals surface area (Å²) in [6, 6.07) is 7.09. The average molecular weight is 492 g/mol. The fourth-order valence-electron chi connectivity index (χ4n) is 7.35. The first kappa shape index (κ1) is 23.7. The van der Waals surface area contributed by atoms with Crippen molar-refractivity contribution in [3.05, 3.63) is 42.0 Å². The Morgan fingerprint density at radius 3 is 2.31 bits per heavy atom. The van der Waals surface area contributed by atoms with Gasteiger partial charge in [-0.25, -0.2) is 0 Å². The molecule has 7 heteroatoms. The van der Waals surface area contributed by atoms with Crippen LogP contribution < -0.4 is 10.6 Å². The summed E-state index contributed by atoms with van der Waals surface area (Å²) in [5, 5.41) is 6.29. The highest BCUT2D eigenvalue weighted by atomic mass is 16.5. The van der Waals surface area contributed by atoms with E-state index in [-0.39, 0.29) is 29.8 Å². The molecule has 36 heavy (non-hydrogen) atoms. The zero-order valence-electron chi connectivity index (χ0n) is 21.1. The molecule has 0 aromatic heterocycles. The number of likely N-dealkylation sites (tertiary alicyclic amines) is 1. The number of amides is 3. The fraction of sp³-hybridized carbons (Fsp3) is 0.621. The predicted molar refractivity (Wildman–Crippen MR) is 136 cm³/mol. The number of ether oxygens (including phenoxy) is 1. The Labute approximate surface area is 213 Å². The van der Waals surface area contributed by atoms with E-state index in [1.807, 2.05) is 48.2 Å². The van der Waals surface area contributed by atoms with Crippen LogP contribution >= 0.6 is 0 Å². The molecule has 192 valence electrons. The Kier molecular flexibility index (Phi) is 6.14. The van der Waals surface area contributed by atoms with Crippen molar-refractivity contribution in [3.8, 4) is 0 Å². The quantitative estimate of drug-likeness (QED) is 0.612. The number of aryl methyl sites for hydroxylation is 1. The maximum atomic E-state index is 14.1. The first-order chi connectivity index (χ1) is 17.5. The molecule has 2 aliphatic carbocycles. The Bertz CT molecular complexity index is 1060. The number of benzene rings is 1. The molecule has 2 bridgehead atoms. The molecular weight excluding hydrogens is 454 g/mol. The van der Waals surface area contributed by atoms with Gasteiger partial charge in [-0.15, -0.1) is 0 Å². The largest absolute Gasteiger partial charge is 0.359 e. The van der Waals surface area contributed by atoms with Gasteiger partial charge in [0, 0.05) is 17.8 Å². The van der Waals surface area contributed by atoms with E-state index in [1.54, 1.807) is 0 Å². The van der Waals surface area contributed by atoms with Crippen molar-refractivity contribution < 1.29 is 19.1 Å². The molecule has 5 atom stereocenters. The van der Waals surface area contributed by atoms with Crippen LogP contribution in [0.2, 0.25) is 0 Å². The van der Waals surface area contributed by atoms with Crippen molar-refractivity contribution in [1.82, 2.24) is 10.2 Å². The van der Waals surface area contributed by atoms with Gasteiger partial charge >= 0.3 is 0 Å². The molecule has 7 nitrogen and oxygen atoms in total. The minimum atomic E-state index is -1.08. The molecule has 3 aliphatic heterocycles. The third-order valence-corrected chi connectivity index (χ3v) is 9.10. The summed E-state index contributed by atoms with van der Waals surface area (Å²) in [7, 11) is 0. The summed E-state index contributed by atoms with van der Waals surface area (Å²) in [4.78, 5) is 43.4. The Balaban J connectivity index is 1.31. The maximum absolute atomic E-state index is 14.1. The van der Waals surface area contributed by atoms with Crippen LogP contribution in [-0.2, 0) is 19.1 Å². The SMILES string of the molecule is Cc1ccc(NC(=O)C2C3C=CC4(O3)C2C(=O)N(C2CCCCC2)C4C(=O)NC2CCCCC2)cc1. The summed E-state index contributed by atoms with van der Waals surface area (Å²) in [5.74, 6) is -1.76. The minimum Gasteiger partial charge on any atom is -0.359 e. The van der Waals surface area contributed by atoms with Gasteiger partial charge in [0.25, 0.3) is 0 Å². The van der Waals surface area contributed by atoms with Crippen LogP contribution in [0, 0.1) is 18.8 Å². The van der Waals surface area contributed by atoms with Crippen molar-refractivity contribution >= 4 is 23.4 Å². The molecule has 6 rings (SSSR count). The van der Waals surface area contributed by atoms with Crippen molar-refractivity contribution in [3.63, 3.8) is 0 Å². The third kappa shape index (κ3) is 3.87. The second kappa shape index (κ2) is 9.33. The average Bonchev–Trinajstić information content (AvgIpc) is 3.54. The van der Waals surface area contributed by atoms with Gasteiger partial charge in [0.2, 0.25) is 17.7 Å². The fourth-order valence-corrected chi connectivity index (χ4v) is 7.35. The number of carbonyl (C=O) groups is 3. The van der Waals surface area contributed by atoms with Crippen molar-refractivity contribution in [2.75, 3.05) is 5.32 Å². The first-order valence-electron chi connectivity index (χ1n) is 13.9. The van der Waals surface area contributed by atoms with Gasteiger partial charge in [0.05, 0.1) is 17.9 Å². The molecule has 1 aromatic carbocycles. The number of hydrogen-bond donors (Lipinski definition) is 2. The molecule has 2 saturated carbocycles. The Morgan fingerprint density at radius 2 is 1.61 bits per heavy atom. The summed E-state index contributed by atoms with van der Waals surface area (Å²) < 4.78 is 6.49. The van der Waals surface area contributed by atoms with E-state index in [0.29, 0.717) is 5.69 Å². The Morgan fingerprint density at radius 1 is 0.944 bits per heavy atom. The lowest BCUT2D eigenvalue weighted by Crippen LogP contribution is -2.58. The van der Waals surface area contributed by atoms with Crippen molar-refractivity contribution in [2.24, 2.45) is 11.8 Å². The van der Waals surface area contributed by atoms with Crippen molar-refractivity contribution in [1.29, 1.82) is 0 Å². The van der Waals surface area contributed by atoms with Gasteiger partial charge in [0.1, 0.15) is 11.6 Å². The van der Waals surface area contributed by atoms with Crippen LogP contribution in [0.15, 0.2) is 36.4 Å². The lowest BCUT2D eigenvalue weighted by atomic mass is 9.74. The van der Waals surface area contributed by atoms with Gasteiger partial charge in [-0.05, 0) is 44.7 Å². The topological polar surface area (TPSA) is 87.7 Å². The molecule has 3 amide bonds. The number of rotatable bonds is 5. The molecule has 4 fully saturated rings. The third-order valence-electron chi connectivity index (χ3n) is 9.10. The number of carbonyl (C=O) groups excluding carboxylic acids is 3. The van der Waals surface area contributed by atoms with Crippen LogP contribution in [0.25, 0.3) is 0 Å². The lowest BCUT2D eigenvalue weighted by molar-refractivity contribution is -0.144. The number of hydrogen-bond acceptors (Lipinski definition) is 4. The van der Waals surface area contributed by atoms with Gasteiger partial charge in [-0.1, -0.05) is 68.4 Å². The standard InChI is InChI=1S/C29H37N3O4/c1-18-12-14-20(15-13-18)30-26(33)23-22-16-17-29(36-22)24(23)28(35)32(21-10-6-3-7-11-21)25(29)27(34)31-19-8-4-2-5-9-19/h12-17,19,21-25H,2-11H2,1H3,(H,30,33)(H,31,34). The normalized spacial score (nSPS) is 34.1. The number of nitrogens with one attached hydrogen (secondary N) is 2. The van der Waals surface area contributed by atoms with Gasteiger partial charge in [-0.3, -0.25) is 14.4 Å². The predicted octanol–water partition coefficient (Wildman–Crippen LogP) is 3.87. The number of anilines is 1. The summed E-state index contributed by atoms with van der Waals surface area (Å²) >= 11 is 0. The summed E-state index contributed by atoms with van der Waals surface area (Å²) in [6.45, 7) is 2.00. The molecular formula is C29H37N3O4. The molecule has 5 unspecified atom stereocenters. The van der Waals surface area contributed by atoms with Crippen LogP contribution in [0.4, 0.5) is 5.69 Å². The smallest absolute Gasteiger partial charge is 0.246 e. The van der Waals surface area contributed by atoms with E-state index in [1.165, 1.54) is 6.42 Å². The van der Waals surface area contributed by atoms with Gasteiger partial charge in [0.15, 0.2) is 0 Å². The lowest BCUT2D eigenvalue weighted by Gasteiger charge is -2.39. The zero-order chi connectivity index (χ0) is 24.9. The highest BCUT2D eigenvalue weighted by Crippen LogP contribution is 2.56. The molecule has 2 saturated heterocycles. The van der Waals surface area contributed by atoms with E-state index in [9.17, 15) is 14.4 Å². The first-order valence-corrected chi connectivity index (χ1v) is 13.9. The van der Waals surface area contributed by atoms with Crippen molar-refractivity contribution in [2.45, 2.75) is 101 Å². The van der Waals surface area contributed by atoms with Gasteiger partial charge in [-0.2, -0.15) is 0 Å². The molecule has 1 aromatic rings. The Hall–Kier alpha value is -2.67. The van der Waals surface area contributed by atoms with Crippen LogP contribution in [0.5, 0.6) is 0 Å². The number of fused-ring (bicyclic) bond motifs is 1. The van der Waals surface area contributed by atoms with E-state index in [4.69, 9.17) is 4.74 Å². The van der Waals surface area contributed by atoms with E-state index in [0.717, 1.165) is 63.4 Å². The van der Waals surface area contributed by atoms with Crippen LogP contribution in [0.3, 0.4) is 0 Å². The zero-order valence-corrected chi connectivity index (χ0v) is 21.1. The second-order valence-corrected chi connectivity index (χ2v) is 11.4. The molecule has 1 spiro atoms. The molecule has 5 aliphatic rings. The van der Waals surface area contributed by atoms with Crippen LogP contribution in [-0.4, -0.2) is 52.5 Å². The monoisotopic (exact) mass is 491 g/mol. The van der Waals surface area contributed by atoms with Crippen LogP contribution in [0.1, 0.15) is 69.8 Å². The van der Waals surface area contributed by atoms with E-state index >= 15 is 0 Å². The second-order valence-electron chi connectivity index (χ2n) is 11.4. The van der Waals surface area contributed by atoms with E-state index < -0.39 is 29.6 Å². The molecule has 3 heterocycles. The molecule has 0 radical (unpaired) electrons. The summed E-state index contributed by atoms with van der Waals surface area (Å²) in [5.41, 5.74) is 0.736. The minimum absolute atomic E-state index is 0.0187. The molecule has 2 N–H and O–H groups in total. The van der Waals surface area contributed by atoms with Gasteiger partial charge < -0.3 is 20.3 Å². The highest BCUT2D eigenvalue weighted by molar-refractivity contribution is 6.03. The maximum Gasteiger partial charge on any atom is 0.246 e. The van der Waals surface area contributed by atoms with E-state index in [2.05, 4.69) is 10.6 Å². The highest BCUT2D eigenvalue weighted by Gasteiger charge is 2.73. The number of nitrogens with zero attached hydrogens (tertiary/aromatic N) is 1.